The summed E-state index contributed by atoms with van der Waals surface area (Å²) in [6, 6.07) is 17.0. The first-order chi connectivity index (χ1) is 12.6. The summed E-state index contributed by atoms with van der Waals surface area (Å²) in [5.74, 6) is 0. The van der Waals surface area contributed by atoms with Gasteiger partial charge in [0.1, 0.15) is 25.7 Å². The second-order valence-electron chi connectivity index (χ2n) is 7.01. The molecule has 0 radical (unpaired) electrons. The number of aryl methyl sites for hydroxylation is 2. The van der Waals surface area contributed by atoms with Crippen molar-refractivity contribution in [1.82, 2.24) is 5.32 Å². The second-order valence-corrected chi connectivity index (χ2v) is 7.42. The molecule has 3 rings (SSSR count). The topological polar surface area (TPSA) is 37.7 Å². The SMILES string of the molecule is Cc1ccc(C)c(NC(=S)NC[C@H]2C[NH+](Cc3ccccc3)CCO2)c1. The number of anilines is 1. The Bertz CT molecular complexity index is 735. The monoisotopic (exact) mass is 370 g/mol. The van der Waals surface area contributed by atoms with E-state index in [1.54, 1.807) is 4.90 Å². The highest BCUT2D eigenvalue weighted by molar-refractivity contribution is 7.80. The summed E-state index contributed by atoms with van der Waals surface area (Å²) in [6.45, 7) is 8.79. The normalized spacial score (nSPS) is 19.8. The molecule has 5 heteroatoms. The number of hydrogen-bond donors (Lipinski definition) is 3. The summed E-state index contributed by atoms with van der Waals surface area (Å²) >= 11 is 5.46. The smallest absolute Gasteiger partial charge is 0.170 e. The number of nitrogens with one attached hydrogen (secondary N) is 3. The van der Waals surface area contributed by atoms with Gasteiger partial charge in [-0.3, -0.25) is 0 Å². The first kappa shape index (κ1) is 18.8. The van der Waals surface area contributed by atoms with Gasteiger partial charge in [-0.1, -0.05) is 42.5 Å². The van der Waals surface area contributed by atoms with Gasteiger partial charge in [0.2, 0.25) is 0 Å². The average Bonchev–Trinajstić information content (AvgIpc) is 2.64. The Kier molecular flexibility index (Phi) is 6.61. The number of morpholine rings is 1. The van der Waals surface area contributed by atoms with Crippen LogP contribution in [0.15, 0.2) is 48.5 Å². The molecule has 1 unspecified atom stereocenters. The molecular formula is C21H28N3OS+. The van der Waals surface area contributed by atoms with Crippen LogP contribution in [0.1, 0.15) is 16.7 Å². The van der Waals surface area contributed by atoms with Gasteiger partial charge < -0.3 is 20.3 Å². The van der Waals surface area contributed by atoms with Gasteiger partial charge in [-0.25, -0.2) is 0 Å². The molecule has 3 N–H and O–H groups in total. The van der Waals surface area contributed by atoms with E-state index in [4.69, 9.17) is 17.0 Å². The Balaban J connectivity index is 1.46. The van der Waals surface area contributed by atoms with Crippen LogP contribution in [-0.4, -0.2) is 37.5 Å². The molecule has 1 saturated heterocycles. The Morgan fingerprint density at radius 2 is 2.00 bits per heavy atom. The Labute approximate surface area is 161 Å². The van der Waals surface area contributed by atoms with E-state index in [2.05, 4.69) is 73.0 Å². The van der Waals surface area contributed by atoms with Gasteiger partial charge in [-0.05, 0) is 43.3 Å². The fourth-order valence-corrected chi connectivity index (χ4v) is 3.47. The quantitative estimate of drug-likeness (QED) is 0.705. The molecule has 4 nitrogen and oxygen atoms in total. The van der Waals surface area contributed by atoms with Crippen molar-refractivity contribution in [3.63, 3.8) is 0 Å². The van der Waals surface area contributed by atoms with E-state index >= 15 is 0 Å². The fourth-order valence-electron chi connectivity index (χ4n) is 3.27. The lowest BCUT2D eigenvalue weighted by molar-refractivity contribution is -0.925. The minimum atomic E-state index is 0.181. The molecular weight excluding hydrogens is 342 g/mol. The van der Waals surface area contributed by atoms with Crippen LogP contribution >= 0.6 is 12.2 Å². The third kappa shape index (κ3) is 5.53. The lowest BCUT2D eigenvalue weighted by atomic mass is 10.1. The van der Waals surface area contributed by atoms with E-state index in [-0.39, 0.29) is 6.10 Å². The largest absolute Gasteiger partial charge is 0.365 e. The molecule has 2 atom stereocenters. The zero-order chi connectivity index (χ0) is 18.4. The molecule has 0 aliphatic carbocycles. The van der Waals surface area contributed by atoms with Crippen molar-refractivity contribution in [1.29, 1.82) is 0 Å². The van der Waals surface area contributed by atoms with E-state index in [1.165, 1.54) is 16.7 Å². The van der Waals surface area contributed by atoms with Crippen molar-refractivity contribution in [3.05, 3.63) is 65.2 Å². The molecule has 2 aromatic carbocycles. The van der Waals surface area contributed by atoms with Crippen molar-refractivity contribution in [2.75, 3.05) is 31.6 Å². The maximum atomic E-state index is 5.92. The Hall–Kier alpha value is -1.95. The van der Waals surface area contributed by atoms with Gasteiger partial charge in [0.05, 0.1) is 6.61 Å². The summed E-state index contributed by atoms with van der Waals surface area (Å²) in [7, 11) is 0. The van der Waals surface area contributed by atoms with Gasteiger partial charge >= 0.3 is 0 Å². The van der Waals surface area contributed by atoms with Crippen LogP contribution in [0, 0.1) is 13.8 Å². The molecule has 0 bridgehead atoms. The minimum absolute atomic E-state index is 0.181. The fraction of sp³-hybridized carbons (Fsp3) is 0.381. The molecule has 0 spiro atoms. The van der Waals surface area contributed by atoms with Gasteiger partial charge in [0.15, 0.2) is 5.11 Å². The van der Waals surface area contributed by atoms with Crippen molar-refractivity contribution in [2.45, 2.75) is 26.5 Å². The molecule has 26 heavy (non-hydrogen) atoms. The molecule has 0 amide bonds. The molecule has 1 aliphatic heterocycles. The van der Waals surface area contributed by atoms with E-state index in [0.717, 1.165) is 38.5 Å². The van der Waals surface area contributed by atoms with Gasteiger partial charge in [-0.2, -0.15) is 0 Å². The summed E-state index contributed by atoms with van der Waals surface area (Å²) in [4.78, 5) is 1.56. The standard InChI is InChI=1S/C21H27N3OS/c1-16-8-9-17(2)20(12-16)23-21(26)22-13-19-15-24(10-11-25-19)14-18-6-4-3-5-7-18/h3-9,12,19H,10-11,13-15H2,1-2H3,(H2,22,23,26)/p+1/t19-/m0/s1. The van der Waals surface area contributed by atoms with Crippen molar-refractivity contribution < 1.29 is 9.64 Å². The number of ether oxygens (including phenoxy) is 1. The highest BCUT2D eigenvalue weighted by Gasteiger charge is 2.23. The summed E-state index contributed by atoms with van der Waals surface area (Å²) in [5, 5.41) is 7.26. The molecule has 1 heterocycles. The van der Waals surface area contributed by atoms with Crippen molar-refractivity contribution in [3.8, 4) is 0 Å². The van der Waals surface area contributed by atoms with Gasteiger partial charge in [0.25, 0.3) is 0 Å². The molecule has 0 saturated carbocycles. The number of hydrogen-bond acceptors (Lipinski definition) is 2. The Morgan fingerprint density at radius 1 is 1.19 bits per heavy atom. The van der Waals surface area contributed by atoms with E-state index in [0.29, 0.717) is 5.11 Å². The molecule has 1 fully saturated rings. The maximum absolute atomic E-state index is 5.92. The van der Waals surface area contributed by atoms with Crippen molar-refractivity contribution >= 4 is 23.0 Å². The van der Waals surface area contributed by atoms with Crippen molar-refractivity contribution in [2.24, 2.45) is 0 Å². The molecule has 1 aliphatic rings. The lowest BCUT2D eigenvalue weighted by Crippen LogP contribution is -3.13. The predicted molar refractivity (Wildman–Crippen MR) is 111 cm³/mol. The Morgan fingerprint density at radius 3 is 2.81 bits per heavy atom. The molecule has 0 aromatic heterocycles. The minimum Gasteiger partial charge on any atom is -0.365 e. The average molecular weight is 371 g/mol. The predicted octanol–water partition coefficient (Wildman–Crippen LogP) is 2.07. The van der Waals surface area contributed by atoms with Gasteiger partial charge in [0, 0.05) is 17.8 Å². The highest BCUT2D eigenvalue weighted by atomic mass is 32.1. The third-order valence-corrected chi connectivity index (χ3v) is 5.00. The van der Waals surface area contributed by atoms with Crippen LogP contribution in [0.2, 0.25) is 0 Å². The van der Waals surface area contributed by atoms with E-state index in [1.807, 2.05) is 0 Å². The summed E-state index contributed by atoms with van der Waals surface area (Å²) < 4.78 is 5.92. The van der Waals surface area contributed by atoms with Crippen LogP contribution in [0.3, 0.4) is 0 Å². The number of benzene rings is 2. The van der Waals surface area contributed by atoms with Gasteiger partial charge in [-0.15, -0.1) is 0 Å². The lowest BCUT2D eigenvalue weighted by Gasteiger charge is -2.30. The maximum Gasteiger partial charge on any atom is 0.170 e. The first-order valence-corrected chi connectivity index (χ1v) is 9.62. The molecule has 2 aromatic rings. The number of quaternary nitrogens is 1. The zero-order valence-electron chi connectivity index (χ0n) is 15.5. The van der Waals surface area contributed by atoms with Crippen LogP contribution in [0.4, 0.5) is 5.69 Å². The van der Waals surface area contributed by atoms with Crippen LogP contribution in [-0.2, 0) is 11.3 Å². The number of rotatable bonds is 5. The number of thiocarbonyl (C=S) groups is 1. The highest BCUT2D eigenvalue weighted by Crippen LogP contribution is 2.16. The second kappa shape index (κ2) is 9.12. The third-order valence-electron chi connectivity index (χ3n) is 4.75. The van der Waals surface area contributed by atoms with E-state index < -0.39 is 0 Å². The first-order valence-electron chi connectivity index (χ1n) is 9.21. The summed E-state index contributed by atoms with van der Waals surface area (Å²) in [5.41, 5.74) is 4.84. The van der Waals surface area contributed by atoms with E-state index in [9.17, 15) is 0 Å². The summed E-state index contributed by atoms with van der Waals surface area (Å²) in [6.07, 6.45) is 0.181. The van der Waals surface area contributed by atoms with Crippen LogP contribution in [0.5, 0.6) is 0 Å². The molecule has 138 valence electrons. The zero-order valence-corrected chi connectivity index (χ0v) is 16.4. The van der Waals surface area contributed by atoms with Crippen LogP contribution < -0.4 is 15.5 Å². The van der Waals surface area contributed by atoms with Crippen LogP contribution in [0.25, 0.3) is 0 Å².